The summed E-state index contributed by atoms with van der Waals surface area (Å²) in [7, 11) is -3.76. The monoisotopic (exact) mass is 336 g/mol. The second-order valence-corrected chi connectivity index (χ2v) is 7.21. The summed E-state index contributed by atoms with van der Waals surface area (Å²) in [6.07, 6.45) is 1.53. The van der Waals surface area contributed by atoms with Crippen LogP contribution in [0.3, 0.4) is 0 Å². The van der Waals surface area contributed by atoms with Crippen LogP contribution in [0.4, 0.5) is 0 Å². The summed E-state index contributed by atoms with van der Waals surface area (Å²) < 4.78 is 26.7. The molecule has 0 spiro atoms. The third-order valence-electron chi connectivity index (χ3n) is 2.77. The van der Waals surface area contributed by atoms with Crippen LogP contribution >= 0.6 is 23.2 Å². The van der Waals surface area contributed by atoms with E-state index in [9.17, 15) is 8.42 Å². The molecule has 4 nitrogen and oxygen atoms in total. The van der Waals surface area contributed by atoms with Gasteiger partial charge in [-0.25, -0.2) is 8.42 Å². The molecule has 7 heteroatoms. The average Bonchev–Trinajstić information content (AvgIpc) is 2.37. The lowest BCUT2D eigenvalue weighted by molar-refractivity contribution is 0.383. The second-order valence-electron chi connectivity index (χ2n) is 4.54. The van der Waals surface area contributed by atoms with E-state index in [1.165, 1.54) is 16.4 Å². The van der Waals surface area contributed by atoms with Crippen molar-refractivity contribution in [3.8, 4) is 0 Å². The van der Waals surface area contributed by atoms with Gasteiger partial charge in [0.25, 0.3) is 0 Å². The molecule has 0 aliphatic rings. The van der Waals surface area contributed by atoms with E-state index in [0.717, 1.165) is 0 Å². The summed E-state index contributed by atoms with van der Waals surface area (Å²) in [5, 5.41) is 0.405. The Morgan fingerprint density at radius 1 is 1.40 bits per heavy atom. The van der Waals surface area contributed by atoms with Crippen molar-refractivity contribution in [2.24, 2.45) is 5.73 Å². The molecule has 0 unspecified atom stereocenters. The van der Waals surface area contributed by atoms with Gasteiger partial charge in [-0.15, -0.1) is 6.58 Å². The molecular formula is C13H18Cl2N2O2S. The summed E-state index contributed by atoms with van der Waals surface area (Å²) in [4.78, 5) is -0.0253. The molecule has 20 heavy (non-hydrogen) atoms. The molecule has 0 saturated heterocycles. The molecule has 0 bridgehead atoms. The highest BCUT2D eigenvalue weighted by Crippen LogP contribution is 2.32. The number of nitrogens with two attached hydrogens (primary N) is 1. The van der Waals surface area contributed by atoms with Gasteiger partial charge in [0.2, 0.25) is 10.0 Å². The predicted octanol–water partition coefficient (Wildman–Crippen LogP) is 3.04. The van der Waals surface area contributed by atoms with E-state index in [4.69, 9.17) is 28.9 Å². The minimum absolute atomic E-state index is 0.0253. The zero-order chi connectivity index (χ0) is 15.5. The maximum Gasteiger partial charge on any atom is 0.245 e. The van der Waals surface area contributed by atoms with Crippen molar-refractivity contribution in [1.29, 1.82) is 0 Å². The van der Waals surface area contributed by atoms with Gasteiger partial charge >= 0.3 is 0 Å². The van der Waals surface area contributed by atoms with E-state index < -0.39 is 10.0 Å². The normalized spacial score (nSPS) is 12.2. The Labute approximate surface area is 130 Å². The number of hydrogen-bond acceptors (Lipinski definition) is 3. The molecule has 1 aromatic rings. The summed E-state index contributed by atoms with van der Waals surface area (Å²) in [6.45, 7) is 7.45. The highest BCUT2D eigenvalue weighted by molar-refractivity contribution is 7.89. The standard InChI is InChI=1S/C13H18Cl2N2O2S/c1-4-5-17(9(2)3)20(18,19)12-7-11(14)6-10(8-16)13(12)15/h4,6-7,9H,1,5,8,16H2,2-3H3. The van der Waals surface area contributed by atoms with Crippen molar-refractivity contribution >= 4 is 33.2 Å². The Balaban J connectivity index is 3.48. The molecule has 0 heterocycles. The van der Waals surface area contributed by atoms with E-state index in [1.54, 1.807) is 19.9 Å². The Kier molecular flexibility index (Phi) is 6.04. The Hall–Kier alpha value is -0.590. The van der Waals surface area contributed by atoms with Crippen molar-refractivity contribution in [2.45, 2.75) is 31.3 Å². The SMILES string of the molecule is C=CCN(C(C)C)S(=O)(=O)c1cc(Cl)cc(CN)c1Cl. The first-order valence-electron chi connectivity index (χ1n) is 6.06. The van der Waals surface area contributed by atoms with Crippen LogP contribution in [0.5, 0.6) is 0 Å². The molecule has 1 aromatic carbocycles. The van der Waals surface area contributed by atoms with Gasteiger partial charge in [0.15, 0.2) is 0 Å². The molecule has 0 fully saturated rings. The van der Waals surface area contributed by atoms with Crippen molar-refractivity contribution in [1.82, 2.24) is 4.31 Å². The van der Waals surface area contributed by atoms with Crippen molar-refractivity contribution in [2.75, 3.05) is 6.54 Å². The second kappa shape index (κ2) is 6.91. The van der Waals surface area contributed by atoms with E-state index in [2.05, 4.69) is 6.58 Å². The van der Waals surface area contributed by atoms with Crippen LogP contribution in [-0.4, -0.2) is 25.3 Å². The highest BCUT2D eigenvalue weighted by Gasteiger charge is 2.29. The topological polar surface area (TPSA) is 63.4 Å². The minimum Gasteiger partial charge on any atom is -0.326 e. The lowest BCUT2D eigenvalue weighted by Crippen LogP contribution is -2.37. The summed E-state index contributed by atoms with van der Waals surface area (Å²) in [6, 6.07) is 2.68. The van der Waals surface area contributed by atoms with Gasteiger partial charge in [0.1, 0.15) is 4.90 Å². The van der Waals surface area contributed by atoms with E-state index >= 15 is 0 Å². The number of benzene rings is 1. The molecule has 0 amide bonds. The number of nitrogens with zero attached hydrogens (tertiary/aromatic N) is 1. The number of halogens is 2. The third-order valence-corrected chi connectivity index (χ3v) is 5.61. The highest BCUT2D eigenvalue weighted by atomic mass is 35.5. The fourth-order valence-corrected chi connectivity index (χ4v) is 4.32. The van der Waals surface area contributed by atoms with Gasteiger partial charge in [0, 0.05) is 24.2 Å². The molecule has 0 aliphatic heterocycles. The zero-order valence-electron chi connectivity index (χ0n) is 11.4. The predicted molar refractivity (Wildman–Crippen MR) is 83.6 cm³/mol. The molecule has 1 rings (SSSR count). The Morgan fingerprint density at radius 3 is 2.45 bits per heavy atom. The maximum atomic E-state index is 12.7. The lowest BCUT2D eigenvalue weighted by atomic mass is 10.2. The molecule has 2 N–H and O–H groups in total. The van der Waals surface area contributed by atoms with Crippen molar-refractivity contribution in [3.63, 3.8) is 0 Å². The first kappa shape index (κ1) is 17.5. The minimum atomic E-state index is -3.76. The van der Waals surface area contributed by atoms with E-state index in [1.807, 2.05) is 0 Å². The average molecular weight is 337 g/mol. The molecule has 0 aromatic heterocycles. The van der Waals surface area contributed by atoms with Crippen molar-refractivity contribution in [3.05, 3.63) is 40.4 Å². The quantitative estimate of drug-likeness (QED) is 0.812. The summed E-state index contributed by atoms with van der Waals surface area (Å²) >= 11 is 12.1. The fourth-order valence-electron chi connectivity index (χ4n) is 1.79. The lowest BCUT2D eigenvalue weighted by Gasteiger charge is -2.25. The van der Waals surface area contributed by atoms with Crippen LogP contribution in [0, 0.1) is 0 Å². The van der Waals surface area contributed by atoms with E-state index in [0.29, 0.717) is 5.56 Å². The summed E-state index contributed by atoms with van der Waals surface area (Å²) in [5.41, 5.74) is 6.06. The first-order chi connectivity index (χ1) is 9.25. The van der Waals surface area contributed by atoms with Gasteiger partial charge in [-0.1, -0.05) is 29.3 Å². The van der Waals surface area contributed by atoms with Crippen LogP contribution in [0.2, 0.25) is 10.0 Å². The number of hydrogen-bond donors (Lipinski definition) is 1. The molecule has 0 saturated carbocycles. The molecule has 0 aliphatic carbocycles. The van der Waals surface area contributed by atoms with Gasteiger partial charge in [-0.3, -0.25) is 0 Å². The molecule has 0 radical (unpaired) electrons. The van der Waals surface area contributed by atoms with Gasteiger partial charge in [-0.2, -0.15) is 4.31 Å². The summed E-state index contributed by atoms with van der Waals surface area (Å²) in [5.74, 6) is 0. The van der Waals surface area contributed by atoms with Crippen LogP contribution in [0.15, 0.2) is 29.7 Å². The van der Waals surface area contributed by atoms with E-state index in [-0.39, 0.29) is 34.1 Å². The number of sulfonamides is 1. The van der Waals surface area contributed by atoms with Gasteiger partial charge in [0.05, 0.1) is 5.02 Å². The zero-order valence-corrected chi connectivity index (χ0v) is 13.8. The number of rotatable bonds is 6. The first-order valence-corrected chi connectivity index (χ1v) is 8.26. The van der Waals surface area contributed by atoms with Gasteiger partial charge in [-0.05, 0) is 31.5 Å². The Bertz CT molecular complexity index is 601. The van der Waals surface area contributed by atoms with Crippen LogP contribution in [-0.2, 0) is 16.6 Å². The van der Waals surface area contributed by atoms with Crippen LogP contribution < -0.4 is 5.73 Å². The Morgan fingerprint density at radius 2 is 2.00 bits per heavy atom. The largest absolute Gasteiger partial charge is 0.326 e. The van der Waals surface area contributed by atoms with Crippen molar-refractivity contribution < 1.29 is 8.42 Å². The van der Waals surface area contributed by atoms with Gasteiger partial charge < -0.3 is 5.73 Å². The third kappa shape index (κ3) is 3.54. The molecular weight excluding hydrogens is 319 g/mol. The maximum absolute atomic E-state index is 12.7. The smallest absolute Gasteiger partial charge is 0.245 e. The molecule has 112 valence electrons. The van der Waals surface area contributed by atoms with Crippen LogP contribution in [0.1, 0.15) is 19.4 Å². The fraction of sp³-hybridized carbons (Fsp3) is 0.385. The van der Waals surface area contributed by atoms with Crippen LogP contribution in [0.25, 0.3) is 0 Å². The molecule has 0 atom stereocenters.